The van der Waals surface area contributed by atoms with E-state index >= 15 is 0 Å². The quantitative estimate of drug-likeness (QED) is 0.772. The molecule has 24 heavy (non-hydrogen) atoms. The summed E-state index contributed by atoms with van der Waals surface area (Å²) < 4.78 is 27.9. The average molecular weight is 364 g/mol. The van der Waals surface area contributed by atoms with Gasteiger partial charge in [0.1, 0.15) is 0 Å². The number of sulfonamides is 1. The summed E-state index contributed by atoms with van der Waals surface area (Å²) in [5, 5.41) is 2.69. The number of para-hydroxylation sites is 1. The van der Waals surface area contributed by atoms with Crippen LogP contribution in [-0.2, 0) is 10.0 Å². The standard InChI is InChI=1S/C17H20N2O3S2/c1-4-18-17(20)14-11-13(10-9-12(14)2)24(21,22)19-15-7-5-6-8-16(15)23-3/h5-11,19H,4H2,1-3H3,(H,18,20). The molecule has 7 heteroatoms. The molecule has 0 fully saturated rings. The van der Waals surface area contributed by atoms with Crippen LogP contribution in [-0.4, -0.2) is 27.1 Å². The van der Waals surface area contributed by atoms with Gasteiger partial charge < -0.3 is 5.32 Å². The van der Waals surface area contributed by atoms with Crippen molar-refractivity contribution in [1.29, 1.82) is 0 Å². The molecule has 1 amide bonds. The summed E-state index contributed by atoms with van der Waals surface area (Å²) in [6.07, 6.45) is 1.88. The molecule has 2 aromatic carbocycles. The Bertz CT molecular complexity index is 849. The van der Waals surface area contributed by atoms with Crippen LogP contribution in [0.5, 0.6) is 0 Å². The first-order chi connectivity index (χ1) is 11.4. The molecule has 0 bridgehead atoms. The number of hydrogen-bond donors (Lipinski definition) is 2. The Morgan fingerprint density at radius 2 is 1.88 bits per heavy atom. The fraction of sp³-hybridized carbons (Fsp3) is 0.235. The number of nitrogens with one attached hydrogen (secondary N) is 2. The smallest absolute Gasteiger partial charge is 0.261 e. The number of rotatable bonds is 6. The number of aryl methyl sites for hydroxylation is 1. The zero-order valence-electron chi connectivity index (χ0n) is 13.8. The molecule has 0 aromatic heterocycles. The first-order valence-electron chi connectivity index (χ1n) is 7.43. The summed E-state index contributed by atoms with van der Waals surface area (Å²) in [5.41, 5.74) is 1.60. The topological polar surface area (TPSA) is 75.3 Å². The molecule has 0 aliphatic rings. The van der Waals surface area contributed by atoms with Crippen LogP contribution in [0.4, 0.5) is 5.69 Å². The predicted molar refractivity (Wildman–Crippen MR) is 98.2 cm³/mol. The third kappa shape index (κ3) is 4.10. The van der Waals surface area contributed by atoms with Crippen LogP contribution in [0.15, 0.2) is 52.3 Å². The third-order valence-corrected chi connectivity index (χ3v) is 5.61. The van der Waals surface area contributed by atoms with Gasteiger partial charge >= 0.3 is 0 Å². The molecule has 5 nitrogen and oxygen atoms in total. The van der Waals surface area contributed by atoms with Crippen molar-refractivity contribution in [2.45, 2.75) is 23.6 Å². The van der Waals surface area contributed by atoms with E-state index in [9.17, 15) is 13.2 Å². The molecular formula is C17H20N2O3S2. The molecular weight excluding hydrogens is 344 g/mol. The van der Waals surface area contributed by atoms with E-state index in [1.165, 1.54) is 23.9 Å². The molecule has 2 aromatic rings. The normalized spacial score (nSPS) is 11.1. The number of amides is 1. The van der Waals surface area contributed by atoms with Crippen molar-refractivity contribution in [3.63, 3.8) is 0 Å². The van der Waals surface area contributed by atoms with Gasteiger partial charge in [-0.3, -0.25) is 9.52 Å². The Kier molecular flexibility index (Phi) is 5.90. The molecule has 2 N–H and O–H groups in total. The van der Waals surface area contributed by atoms with E-state index < -0.39 is 10.0 Å². The third-order valence-electron chi connectivity index (χ3n) is 3.45. The van der Waals surface area contributed by atoms with E-state index in [1.54, 1.807) is 25.1 Å². The van der Waals surface area contributed by atoms with E-state index in [0.29, 0.717) is 17.8 Å². The monoisotopic (exact) mass is 364 g/mol. The van der Waals surface area contributed by atoms with E-state index in [-0.39, 0.29) is 10.8 Å². The van der Waals surface area contributed by atoms with Gasteiger partial charge in [-0.2, -0.15) is 0 Å². The molecule has 2 rings (SSSR count). The fourth-order valence-electron chi connectivity index (χ4n) is 2.20. The Labute approximate surface area is 146 Å². The van der Waals surface area contributed by atoms with Gasteiger partial charge in [-0.1, -0.05) is 18.2 Å². The molecule has 0 unspecified atom stereocenters. The number of carbonyl (C=O) groups is 1. The Balaban J connectivity index is 2.39. The summed E-state index contributed by atoms with van der Waals surface area (Å²) in [4.78, 5) is 13.0. The van der Waals surface area contributed by atoms with Gasteiger partial charge in [-0.05, 0) is 49.9 Å². The highest BCUT2D eigenvalue weighted by atomic mass is 32.2. The van der Waals surface area contributed by atoms with Crippen LogP contribution in [0.3, 0.4) is 0 Å². The Morgan fingerprint density at radius 3 is 2.54 bits per heavy atom. The molecule has 0 heterocycles. The zero-order valence-corrected chi connectivity index (χ0v) is 15.4. The van der Waals surface area contributed by atoms with E-state index in [1.807, 2.05) is 25.3 Å². The first-order valence-corrected chi connectivity index (χ1v) is 10.1. The molecule has 0 saturated carbocycles. The van der Waals surface area contributed by atoms with Gasteiger partial charge in [0.05, 0.1) is 10.6 Å². The summed E-state index contributed by atoms with van der Waals surface area (Å²) in [6, 6.07) is 11.7. The Hall–Kier alpha value is -1.99. The second-order valence-electron chi connectivity index (χ2n) is 5.14. The second-order valence-corrected chi connectivity index (χ2v) is 7.67. The summed E-state index contributed by atoms with van der Waals surface area (Å²) in [7, 11) is -3.78. The van der Waals surface area contributed by atoms with Crippen LogP contribution in [0.2, 0.25) is 0 Å². The maximum Gasteiger partial charge on any atom is 0.261 e. The van der Waals surface area contributed by atoms with Crippen LogP contribution < -0.4 is 10.0 Å². The summed E-state index contributed by atoms with van der Waals surface area (Å²) in [5.74, 6) is -0.281. The van der Waals surface area contributed by atoms with Crippen molar-refractivity contribution in [3.8, 4) is 0 Å². The largest absolute Gasteiger partial charge is 0.352 e. The van der Waals surface area contributed by atoms with Crippen LogP contribution in [0.25, 0.3) is 0 Å². The maximum absolute atomic E-state index is 12.7. The van der Waals surface area contributed by atoms with Crippen molar-refractivity contribution >= 4 is 33.4 Å². The van der Waals surface area contributed by atoms with Gasteiger partial charge in [-0.15, -0.1) is 11.8 Å². The molecule has 0 aliphatic carbocycles. The number of carbonyl (C=O) groups excluding carboxylic acids is 1. The van der Waals surface area contributed by atoms with Crippen LogP contribution in [0.1, 0.15) is 22.8 Å². The summed E-state index contributed by atoms with van der Waals surface area (Å²) >= 11 is 1.46. The number of hydrogen-bond acceptors (Lipinski definition) is 4. The molecule has 0 spiro atoms. The second kappa shape index (κ2) is 7.72. The highest BCUT2D eigenvalue weighted by molar-refractivity contribution is 7.99. The van der Waals surface area contributed by atoms with Crippen molar-refractivity contribution in [2.24, 2.45) is 0 Å². The highest BCUT2D eigenvalue weighted by Crippen LogP contribution is 2.27. The van der Waals surface area contributed by atoms with E-state index in [2.05, 4.69) is 10.0 Å². The number of anilines is 1. The van der Waals surface area contributed by atoms with Gasteiger partial charge in [0, 0.05) is 17.0 Å². The zero-order chi connectivity index (χ0) is 17.7. The molecule has 0 saturated heterocycles. The number of benzene rings is 2. The molecule has 0 atom stereocenters. The van der Waals surface area contributed by atoms with Gasteiger partial charge in [0.2, 0.25) is 0 Å². The lowest BCUT2D eigenvalue weighted by Gasteiger charge is -2.13. The minimum Gasteiger partial charge on any atom is -0.352 e. The van der Waals surface area contributed by atoms with Gasteiger partial charge in [0.25, 0.3) is 15.9 Å². The maximum atomic E-state index is 12.7. The first kappa shape index (κ1) is 18.4. The predicted octanol–water partition coefficient (Wildman–Crippen LogP) is 3.27. The van der Waals surface area contributed by atoms with E-state index in [0.717, 1.165) is 10.5 Å². The van der Waals surface area contributed by atoms with Crippen LogP contribution in [0, 0.1) is 6.92 Å². The lowest BCUT2D eigenvalue weighted by atomic mass is 10.1. The van der Waals surface area contributed by atoms with Crippen molar-refractivity contribution < 1.29 is 13.2 Å². The Morgan fingerprint density at radius 1 is 1.17 bits per heavy atom. The van der Waals surface area contributed by atoms with Crippen molar-refractivity contribution in [1.82, 2.24) is 5.32 Å². The molecule has 0 aliphatic heterocycles. The van der Waals surface area contributed by atoms with Gasteiger partial charge in [-0.25, -0.2) is 8.42 Å². The number of thioether (sulfide) groups is 1. The highest BCUT2D eigenvalue weighted by Gasteiger charge is 2.19. The van der Waals surface area contributed by atoms with Crippen LogP contribution >= 0.6 is 11.8 Å². The molecule has 128 valence electrons. The van der Waals surface area contributed by atoms with Crippen molar-refractivity contribution in [2.75, 3.05) is 17.5 Å². The van der Waals surface area contributed by atoms with Crippen molar-refractivity contribution in [3.05, 3.63) is 53.6 Å². The lowest BCUT2D eigenvalue weighted by Crippen LogP contribution is -2.24. The SMILES string of the molecule is CCNC(=O)c1cc(S(=O)(=O)Nc2ccccc2SC)ccc1C. The fourth-order valence-corrected chi connectivity index (χ4v) is 3.93. The van der Waals surface area contributed by atoms with E-state index in [4.69, 9.17) is 0 Å². The average Bonchev–Trinajstić information content (AvgIpc) is 2.55. The molecule has 0 radical (unpaired) electrons. The lowest BCUT2D eigenvalue weighted by molar-refractivity contribution is 0.0955. The van der Waals surface area contributed by atoms with Gasteiger partial charge in [0.15, 0.2) is 0 Å². The minimum atomic E-state index is -3.78. The summed E-state index contributed by atoms with van der Waals surface area (Å²) in [6.45, 7) is 4.07. The minimum absolute atomic E-state index is 0.0604.